The van der Waals surface area contributed by atoms with Gasteiger partial charge in [0.1, 0.15) is 0 Å². The van der Waals surface area contributed by atoms with Crippen molar-refractivity contribution in [1.82, 2.24) is 10.3 Å². The van der Waals surface area contributed by atoms with E-state index in [1.807, 2.05) is 12.4 Å². The smallest absolute Gasteiger partial charge is 0.0598 e. The van der Waals surface area contributed by atoms with Gasteiger partial charge in [0.05, 0.1) is 11.9 Å². The van der Waals surface area contributed by atoms with Crippen molar-refractivity contribution in [2.75, 3.05) is 11.9 Å². The molecular formula is C16H29N3. The highest BCUT2D eigenvalue weighted by atomic mass is 15.1. The number of anilines is 1. The van der Waals surface area contributed by atoms with Crippen LogP contribution in [0.3, 0.4) is 0 Å². The highest BCUT2D eigenvalue weighted by Gasteiger charge is 2.15. The lowest BCUT2D eigenvalue weighted by Crippen LogP contribution is -2.36. The topological polar surface area (TPSA) is 28.2 Å². The number of hydrogen-bond acceptors (Lipinski definition) is 3. The van der Waals surface area contributed by atoms with E-state index in [1.165, 1.54) is 24.1 Å². The number of aromatic nitrogens is 1. The van der Waals surface area contributed by atoms with Crippen LogP contribution in [0.15, 0.2) is 18.5 Å². The van der Waals surface area contributed by atoms with Gasteiger partial charge in [0, 0.05) is 31.4 Å². The molecule has 0 amide bonds. The Bertz CT molecular complexity index is 382. The van der Waals surface area contributed by atoms with Crippen molar-refractivity contribution in [2.24, 2.45) is 0 Å². The first-order chi connectivity index (χ1) is 8.85. The minimum absolute atomic E-state index is 0.133. The number of hydrogen-bond donors (Lipinski definition) is 1. The molecule has 1 unspecified atom stereocenters. The van der Waals surface area contributed by atoms with Gasteiger partial charge in [-0.05, 0) is 45.7 Å². The second kappa shape index (κ2) is 6.90. The zero-order chi connectivity index (χ0) is 14.5. The zero-order valence-corrected chi connectivity index (χ0v) is 13.3. The van der Waals surface area contributed by atoms with Crippen LogP contribution in [-0.4, -0.2) is 23.6 Å². The summed E-state index contributed by atoms with van der Waals surface area (Å²) in [7, 11) is 2.16. The van der Waals surface area contributed by atoms with Crippen LogP contribution in [0.4, 0.5) is 5.69 Å². The molecule has 1 atom stereocenters. The largest absolute Gasteiger partial charge is 0.370 e. The maximum atomic E-state index is 4.28. The molecule has 0 bridgehead atoms. The van der Waals surface area contributed by atoms with Gasteiger partial charge in [0.15, 0.2) is 0 Å². The molecule has 0 aromatic carbocycles. The molecule has 0 radical (unpaired) electrons. The van der Waals surface area contributed by atoms with Crippen molar-refractivity contribution in [3.05, 3.63) is 24.0 Å². The molecular weight excluding hydrogens is 234 g/mol. The van der Waals surface area contributed by atoms with Crippen LogP contribution in [0.25, 0.3) is 0 Å². The summed E-state index contributed by atoms with van der Waals surface area (Å²) >= 11 is 0. The first-order valence-corrected chi connectivity index (χ1v) is 7.26. The van der Waals surface area contributed by atoms with Crippen LogP contribution >= 0.6 is 0 Å². The van der Waals surface area contributed by atoms with Crippen molar-refractivity contribution in [2.45, 2.75) is 65.6 Å². The van der Waals surface area contributed by atoms with Gasteiger partial charge in [-0.1, -0.05) is 13.3 Å². The Labute approximate surface area is 118 Å². The fourth-order valence-electron chi connectivity index (χ4n) is 2.09. The molecule has 0 aliphatic rings. The van der Waals surface area contributed by atoms with Crippen molar-refractivity contribution in [3.63, 3.8) is 0 Å². The molecule has 3 nitrogen and oxygen atoms in total. The lowest BCUT2D eigenvalue weighted by molar-refractivity contribution is 0.424. The average molecular weight is 263 g/mol. The molecule has 0 aliphatic heterocycles. The molecule has 3 heteroatoms. The Morgan fingerprint density at radius 1 is 1.37 bits per heavy atom. The molecule has 0 aliphatic carbocycles. The molecule has 0 fully saturated rings. The Hall–Kier alpha value is -1.09. The summed E-state index contributed by atoms with van der Waals surface area (Å²) < 4.78 is 0. The summed E-state index contributed by atoms with van der Waals surface area (Å²) in [6.45, 7) is 12.0. The van der Waals surface area contributed by atoms with E-state index in [2.05, 4.69) is 62.9 Å². The highest BCUT2D eigenvalue weighted by Crippen LogP contribution is 2.22. The summed E-state index contributed by atoms with van der Waals surface area (Å²) in [5, 5.41) is 3.55. The quantitative estimate of drug-likeness (QED) is 0.850. The highest BCUT2D eigenvalue weighted by molar-refractivity contribution is 5.51. The molecule has 1 aromatic heterocycles. The van der Waals surface area contributed by atoms with Gasteiger partial charge in [0.25, 0.3) is 0 Å². The third-order valence-electron chi connectivity index (χ3n) is 3.44. The van der Waals surface area contributed by atoms with Crippen molar-refractivity contribution in [3.8, 4) is 0 Å². The lowest BCUT2D eigenvalue weighted by Gasteiger charge is -2.29. The van der Waals surface area contributed by atoms with Gasteiger partial charge < -0.3 is 10.2 Å². The fraction of sp³-hybridized carbons (Fsp3) is 0.688. The maximum Gasteiger partial charge on any atom is 0.0598 e. The normalized spacial score (nSPS) is 13.4. The summed E-state index contributed by atoms with van der Waals surface area (Å²) in [6.07, 6.45) is 6.27. The van der Waals surface area contributed by atoms with Crippen LogP contribution in [-0.2, 0) is 6.54 Å². The predicted octanol–water partition coefficient (Wildman–Crippen LogP) is 3.59. The van der Waals surface area contributed by atoms with Gasteiger partial charge in [-0.3, -0.25) is 4.98 Å². The van der Waals surface area contributed by atoms with E-state index in [4.69, 9.17) is 0 Å². The first kappa shape index (κ1) is 16.0. The van der Waals surface area contributed by atoms with Crippen LogP contribution in [0.5, 0.6) is 0 Å². The lowest BCUT2D eigenvalue weighted by atomic mass is 10.1. The first-order valence-electron chi connectivity index (χ1n) is 7.26. The molecule has 1 aromatic rings. The Balaban J connectivity index is 2.83. The molecule has 1 heterocycles. The standard InChI is InChI=1S/C16H29N3/c1-7-8-13(2)19(6)15-12-17-10-9-14(15)11-18-16(3,4)5/h9-10,12-13,18H,7-8,11H2,1-6H3. The molecule has 0 spiro atoms. The van der Waals surface area contributed by atoms with E-state index in [1.54, 1.807) is 0 Å². The van der Waals surface area contributed by atoms with E-state index in [9.17, 15) is 0 Å². The summed E-state index contributed by atoms with van der Waals surface area (Å²) in [4.78, 5) is 6.63. The Morgan fingerprint density at radius 2 is 2.05 bits per heavy atom. The van der Waals surface area contributed by atoms with E-state index >= 15 is 0 Å². The number of nitrogens with one attached hydrogen (secondary N) is 1. The van der Waals surface area contributed by atoms with Crippen molar-refractivity contribution < 1.29 is 0 Å². The van der Waals surface area contributed by atoms with Gasteiger partial charge in [-0.15, -0.1) is 0 Å². The molecule has 1 N–H and O–H groups in total. The number of rotatable bonds is 6. The average Bonchev–Trinajstić information content (AvgIpc) is 2.35. The Morgan fingerprint density at radius 3 is 2.63 bits per heavy atom. The third kappa shape index (κ3) is 5.19. The fourth-order valence-corrected chi connectivity index (χ4v) is 2.09. The van der Waals surface area contributed by atoms with Crippen LogP contribution < -0.4 is 10.2 Å². The second-order valence-corrected chi connectivity index (χ2v) is 6.36. The van der Waals surface area contributed by atoms with Crippen LogP contribution in [0.1, 0.15) is 53.0 Å². The monoisotopic (exact) mass is 263 g/mol. The molecule has 1 rings (SSSR count). The van der Waals surface area contributed by atoms with Gasteiger partial charge in [-0.25, -0.2) is 0 Å². The number of nitrogens with zero attached hydrogens (tertiary/aromatic N) is 2. The second-order valence-electron chi connectivity index (χ2n) is 6.36. The van der Waals surface area contributed by atoms with Crippen molar-refractivity contribution in [1.29, 1.82) is 0 Å². The number of pyridine rings is 1. The van der Waals surface area contributed by atoms with Crippen LogP contribution in [0.2, 0.25) is 0 Å². The van der Waals surface area contributed by atoms with E-state index in [-0.39, 0.29) is 5.54 Å². The minimum atomic E-state index is 0.133. The van der Waals surface area contributed by atoms with E-state index in [0.29, 0.717) is 6.04 Å². The third-order valence-corrected chi connectivity index (χ3v) is 3.44. The SMILES string of the molecule is CCCC(C)N(C)c1cnccc1CNC(C)(C)C. The summed E-state index contributed by atoms with van der Waals surface area (Å²) in [5.41, 5.74) is 2.68. The van der Waals surface area contributed by atoms with E-state index < -0.39 is 0 Å². The van der Waals surface area contributed by atoms with Gasteiger partial charge in [-0.2, -0.15) is 0 Å². The minimum Gasteiger partial charge on any atom is -0.370 e. The zero-order valence-electron chi connectivity index (χ0n) is 13.3. The molecule has 0 saturated heterocycles. The molecule has 108 valence electrons. The van der Waals surface area contributed by atoms with E-state index in [0.717, 1.165) is 6.54 Å². The maximum absolute atomic E-state index is 4.28. The predicted molar refractivity (Wildman–Crippen MR) is 83.6 cm³/mol. The van der Waals surface area contributed by atoms with Crippen molar-refractivity contribution >= 4 is 5.69 Å². The summed E-state index contributed by atoms with van der Waals surface area (Å²) in [6, 6.07) is 2.66. The summed E-state index contributed by atoms with van der Waals surface area (Å²) in [5.74, 6) is 0. The van der Waals surface area contributed by atoms with Gasteiger partial charge in [0.2, 0.25) is 0 Å². The van der Waals surface area contributed by atoms with Crippen LogP contribution in [0, 0.1) is 0 Å². The Kier molecular flexibility index (Phi) is 5.80. The van der Waals surface area contributed by atoms with Gasteiger partial charge >= 0.3 is 0 Å². The molecule has 0 saturated carbocycles. The molecule has 19 heavy (non-hydrogen) atoms.